The van der Waals surface area contributed by atoms with Gasteiger partial charge in [-0.25, -0.2) is 4.79 Å². The molecule has 1 amide bonds. The summed E-state index contributed by atoms with van der Waals surface area (Å²) in [5.74, 6) is 0.719. The number of carbonyl (C=O) groups is 1. The lowest BCUT2D eigenvalue weighted by molar-refractivity contribution is 0.0219. The van der Waals surface area contributed by atoms with Crippen molar-refractivity contribution >= 4 is 6.09 Å². The lowest BCUT2D eigenvalue weighted by Crippen LogP contribution is -2.36. The molecule has 1 aromatic heterocycles. The van der Waals surface area contributed by atoms with Crippen LogP contribution >= 0.6 is 0 Å². The number of nitrogens with zero attached hydrogens (tertiary/aromatic N) is 2. The monoisotopic (exact) mass is 314 g/mol. The van der Waals surface area contributed by atoms with Gasteiger partial charge in [0.05, 0.1) is 6.04 Å². The maximum Gasteiger partial charge on any atom is 0.410 e. The molecule has 1 aliphatic rings. The summed E-state index contributed by atoms with van der Waals surface area (Å²) in [4.78, 5) is 14.1. The SMILES string of the molecule is CC(C)(C)OC(=O)N1CCCC1c1cc(-c2ccccc2)on1. The van der Waals surface area contributed by atoms with Crippen molar-refractivity contribution in [1.82, 2.24) is 10.1 Å². The Kier molecular flexibility index (Phi) is 4.11. The summed E-state index contributed by atoms with van der Waals surface area (Å²) < 4.78 is 11.0. The van der Waals surface area contributed by atoms with Gasteiger partial charge in [-0.05, 0) is 33.6 Å². The molecule has 0 spiro atoms. The van der Waals surface area contributed by atoms with Crippen molar-refractivity contribution in [3.63, 3.8) is 0 Å². The predicted octanol–water partition coefficient (Wildman–Crippen LogP) is 4.41. The summed E-state index contributed by atoms with van der Waals surface area (Å²) in [7, 11) is 0. The first-order valence-electron chi connectivity index (χ1n) is 7.96. The predicted molar refractivity (Wildman–Crippen MR) is 86.9 cm³/mol. The van der Waals surface area contributed by atoms with Crippen LogP contribution in [0.15, 0.2) is 40.9 Å². The third kappa shape index (κ3) is 3.55. The van der Waals surface area contributed by atoms with Crippen molar-refractivity contribution < 1.29 is 14.1 Å². The molecule has 5 heteroatoms. The van der Waals surface area contributed by atoms with Crippen LogP contribution < -0.4 is 0 Å². The molecular formula is C18H22N2O3. The minimum absolute atomic E-state index is 0.0777. The van der Waals surface area contributed by atoms with E-state index in [0.29, 0.717) is 6.54 Å². The Labute approximate surface area is 136 Å². The number of rotatable bonds is 2. The molecule has 0 N–H and O–H groups in total. The van der Waals surface area contributed by atoms with Gasteiger partial charge in [0.1, 0.15) is 11.3 Å². The lowest BCUT2D eigenvalue weighted by atomic mass is 10.1. The van der Waals surface area contributed by atoms with E-state index in [1.54, 1.807) is 4.90 Å². The minimum Gasteiger partial charge on any atom is -0.444 e. The second-order valence-electron chi connectivity index (χ2n) is 6.81. The van der Waals surface area contributed by atoms with Gasteiger partial charge in [0.15, 0.2) is 5.76 Å². The second kappa shape index (κ2) is 6.07. The van der Waals surface area contributed by atoms with Crippen LogP contribution in [0.2, 0.25) is 0 Å². The molecule has 0 radical (unpaired) electrons. The number of likely N-dealkylation sites (tertiary alicyclic amines) is 1. The summed E-state index contributed by atoms with van der Waals surface area (Å²) in [6, 6.07) is 11.7. The minimum atomic E-state index is -0.497. The highest BCUT2D eigenvalue weighted by Crippen LogP contribution is 2.34. The highest BCUT2D eigenvalue weighted by atomic mass is 16.6. The van der Waals surface area contributed by atoms with Crippen LogP contribution in [0.1, 0.15) is 45.3 Å². The van der Waals surface area contributed by atoms with Crippen molar-refractivity contribution in [3.05, 3.63) is 42.1 Å². The highest BCUT2D eigenvalue weighted by molar-refractivity contribution is 5.69. The van der Waals surface area contributed by atoms with Gasteiger partial charge in [-0.15, -0.1) is 0 Å². The molecule has 1 aliphatic heterocycles. The molecule has 3 rings (SSSR count). The molecule has 0 aliphatic carbocycles. The Bertz CT molecular complexity index is 673. The molecule has 5 nitrogen and oxygen atoms in total. The standard InChI is InChI=1S/C18H22N2O3/c1-18(2,3)22-17(21)20-11-7-10-15(20)14-12-16(23-19-14)13-8-5-4-6-9-13/h4-6,8-9,12,15H,7,10-11H2,1-3H3. The first-order chi connectivity index (χ1) is 10.9. The summed E-state index contributed by atoms with van der Waals surface area (Å²) in [6.07, 6.45) is 1.53. The Hall–Kier alpha value is -2.30. The molecule has 0 saturated carbocycles. The quantitative estimate of drug-likeness (QED) is 0.823. The van der Waals surface area contributed by atoms with Crippen LogP contribution in [0.5, 0.6) is 0 Å². The third-order valence-electron chi connectivity index (χ3n) is 3.81. The van der Waals surface area contributed by atoms with Crippen molar-refractivity contribution in [3.8, 4) is 11.3 Å². The van der Waals surface area contributed by atoms with Gasteiger partial charge in [0, 0.05) is 18.2 Å². The van der Waals surface area contributed by atoms with Crippen molar-refractivity contribution in [2.24, 2.45) is 0 Å². The topological polar surface area (TPSA) is 55.6 Å². The summed E-state index contributed by atoms with van der Waals surface area (Å²) in [5, 5.41) is 4.18. The highest BCUT2D eigenvalue weighted by Gasteiger charge is 2.35. The van der Waals surface area contributed by atoms with E-state index < -0.39 is 5.60 Å². The molecule has 1 aromatic carbocycles. The Morgan fingerprint density at radius 2 is 2.04 bits per heavy atom. The van der Waals surface area contributed by atoms with Crippen molar-refractivity contribution in [2.45, 2.75) is 45.3 Å². The van der Waals surface area contributed by atoms with Crippen LogP contribution in [0.3, 0.4) is 0 Å². The molecule has 122 valence electrons. The average molecular weight is 314 g/mol. The molecule has 1 atom stereocenters. The number of ether oxygens (including phenoxy) is 1. The first kappa shape index (κ1) is 15.6. The molecule has 1 fully saturated rings. The van der Waals surface area contributed by atoms with Gasteiger partial charge < -0.3 is 9.26 Å². The fourth-order valence-electron chi connectivity index (χ4n) is 2.80. The molecule has 2 heterocycles. The molecule has 23 heavy (non-hydrogen) atoms. The normalized spacial score (nSPS) is 18.2. The maximum absolute atomic E-state index is 12.4. The van der Waals surface area contributed by atoms with E-state index in [9.17, 15) is 4.79 Å². The van der Waals surface area contributed by atoms with Crippen molar-refractivity contribution in [1.29, 1.82) is 0 Å². The van der Waals surface area contributed by atoms with Gasteiger partial charge in [0.2, 0.25) is 0 Å². The van der Waals surface area contributed by atoms with Gasteiger partial charge in [-0.3, -0.25) is 4.90 Å². The van der Waals surface area contributed by atoms with E-state index in [2.05, 4.69) is 5.16 Å². The number of benzene rings is 1. The van der Waals surface area contributed by atoms with E-state index >= 15 is 0 Å². The van der Waals surface area contributed by atoms with Crippen LogP contribution in [0, 0.1) is 0 Å². The van der Waals surface area contributed by atoms with Crippen LogP contribution in [-0.4, -0.2) is 28.3 Å². The van der Waals surface area contributed by atoms with E-state index in [1.165, 1.54) is 0 Å². The zero-order valence-electron chi connectivity index (χ0n) is 13.8. The van der Waals surface area contributed by atoms with E-state index in [0.717, 1.165) is 29.9 Å². The molecular weight excluding hydrogens is 292 g/mol. The lowest BCUT2D eigenvalue weighted by Gasteiger charge is -2.27. The number of hydrogen-bond donors (Lipinski definition) is 0. The smallest absolute Gasteiger partial charge is 0.410 e. The number of carbonyl (C=O) groups excluding carboxylic acids is 1. The van der Waals surface area contributed by atoms with E-state index in [1.807, 2.05) is 57.2 Å². The fourth-order valence-corrected chi connectivity index (χ4v) is 2.80. The fraction of sp³-hybridized carbons (Fsp3) is 0.444. The molecule has 2 aromatic rings. The first-order valence-corrected chi connectivity index (χ1v) is 7.96. The number of amides is 1. The Morgan fingerprint density at radius 3 is 2.74 bits per heavy atom. The maximum atomic E-state index is 12.4. The van der Waals surface area contributed by atoms with Crippen LogP contribution in [0.4, 0.5) is 4.79 Å². The average Bonchev–Trinajstić information content (AvgIpc) is 3.15. The van der Waals surface area contributed by atoms with Gasteiger partial charge in [0.25, 0.3) is 0 Å². The van der Waals surface area contributed by atoms with E-state index in [4.69, 9.17) is 9.26 Å². The Morgan fingerprint density at radius 1 is 1.30 bits per heavy atom. The van der Waals surface area contributed by atoms with Crippen molar-refractivity contribution in [2.75, 3.05) is 6.54 Å². The zero-order chi connectivity index (χ0) is 16.4. The number of aromatic nitrogens is 1. The third-order valence-corrected chi connectivity index (χ3v) is 3.81. The van der Waals surface area contributed by atoms with Crippen LogP contribution in [0.25, 0.3) is 11.3 Å². The largest absolute Gasteiger partial charge is 0.444 e. The van der Waals surface area contributed by atoms with Gasteiger partial charge >= 0.3 is 6.09 Å². The second-order valence-corrected chi connectivity index (χ2v) is 6.81. The van der Waals surface area contributed by atoms with Crippen LogP contribution in [-0.2, 0) is 4.74 Å². The summed E-state index contributed by atoms with van der Waals surface area (Å²) in [5.41, 5.74) is 1.27. The summed E-state index contributed by atoms with van der Waals surface area (Å²) in [6.45, 7) is 6.31. The number of hydrogen-bond acceptors (Lipinski definition) is 4. The molecule has 1 unspecified atom stereocenters. The molecule has 1 saturated heterocycles. The Balaban J connectivity index is 1.78. The van der Waals surface area contributed by atoms with E-state index in [-0.39, 0.29) is 12.1 Å². The molecule has 0 bridgehead atoms. The zero-order valence-corrected chi connectivity index (χ0v) is 13.8. The van der Waals surface area contributed by atoms with Gasteiger partial charge in [-0.2, -0.15) is 0 Å². The summed E-state index contributed by atoms with van der Waals surface area (Å²) >= 11 is 0. The van der Waals surface area contributed by atoms with Gasteiger partial charge in [-0.1, -0.05) is 35.5 Å².